The molecule has 0 fully saturated rings. The molecule has 0 spiro atoms. The van der Waals surface area contributed by atoms with Crippen molar-refractivity contribution in [2.24, 2.45) is 0 Å². The van der Waals surface area contributed by atoms with Gasteiger partial charge in [-0.2, -0.15) is 0 Å². The third kappa shape index (κ3) is 4.57. The first kappa shape index (κ1) is 20.4. The Bertz CT molecular complexity index is 1010. The molecule has 0 atom stereocenters. The second-order valence-electron chi connectivity index (χ2n) is 6.64. The Morgan fingerprint density at radius 3 is 2.86 bits per heavy atom. The number of benzene rings is 1. The van der Waals surface area contributed by atoms with Crippen LogP contribution in [-0.2, 0) is 9.53 Å². The van der Waals surface area contributed by atoms with Crippen molar-refractivity contribution in [1.29, 1.82) is 0 Å². The van der Waals surface area contributed by atoms with Gasteiger partial charge in [-0.1, -0.05) is 11.3 Å². The van der Waals surface area contributed by atoms with Crippen LogP contribution in [0.25, 0.3) is 16.6 Å². The number of methoxy groups -OCH3 is 1. The number of nitrogens with one attached hydrogen (secondary N) is 1. The maximum atomic E-state index is 12.8. The molecular formula is C20H24N6O3. The molecule has 2 amide bonds. The highest BCUT2D eigenvalue weighted by Crippen LogP contribution is 2.22. The number of nitrogens with zero attached hydrogens (tertiary/aromatic N) is 5. The third-order valence-corrected chi connectivity index (χ3v) is 4.52. The molecule has 2 heterocycles. The first-order valence-electron chi connectivity index (χ1n) is 9.30. The molecule has 0 aliphatic heterocycles. The maximum Gasteiger partial charge on any atom is 0.276 e. The predicted molar refractivity (Wildman–Crippen MR) is 108 cm³/mol. The highest BCUT2D eigenvalue weighted by Gasteiger charge is 2.22. The largest absolute Gasteiger partial charge is 0.385 e. The van der Waals surface area contributed by atoms with E-state index < -0.39 is 0 Å². The Labute approximate surface area is 168 Å². The van der Waals surface area contributed by atoms with Crippen LogP contribution in [0.3, 0.4) is 0 Å². The fourth-order valence-electron chi connectivity index (χ4n) is 3.00. The molecule has 0 aliphatic rings. The quantitative estimate of drug-likeness (QED) is 0.577. The van der Waals surface area contributed by atoms with Crippen LogP contribution in [0.5, 0.6) is 0 Å². The molecule has 1 N–H and O–H groups in total. The second kappa shape index (κ2) is 9.24. The topological polar surface area (TPSA) is 102 Å². The number of likely N-dealkylation sites (N-methyl/N-ethyl adjacent to an activating group) is 1. The van der Waals surface area contributed by atoms with Crippen molar-refractivity contribution < 1.29 is 14.3 Å². The zero-order chi connectivity index (χ0) is 20.8. The van der Waals surface area contributed by atoms with E-state index in [9.17, 15) is 9.59 Å². The van der Waals surface area contributed by atoms with E-state index in [1.807, 2.05) is 30.3 Å². The van der Waals surface area contributed by atoms with Crippen molar-refractivity contribution >= 4 is 22.7 Å². The number of hydrogen-bond acceptors (Lipinski definition) is 6. The summed E-state index contributed by atoms with van der Waals surface area (Å²) in [6.07, 6.45) is 2.44. The van der Waals surface area contributed by atoms with E-state index in [0.717, 1.165) is 16.6 Å². The Morgan fingerprint density at radius 1 is 1.24 bits per heavy atom. The molecule has 0 bridgehead atoms. The lowest BCUT2D eigenvalue weighted by Crippen LogP contribution is -2.39. The van der Waals surface area contributed by atoms with E-state index in [-0.39, 0.29) is 24.1 Å². The molecule has 2 aromatic heterocycles. The second-order valence-corrected chi connectivity index (χ2v) is 6.64. The Kier molecular flexibility index (Phi) is 6.50. The summed E-state index contributed by atoms with van der Waals surface area (Å²) >= 11 is 0. The lowest BCUT2D eigenvalue weighted by atomic mass is 10.2. The summed E-state index contributed by atoms with van der Waals surface area (Å²) in [5, 5.41) is 11.9. The van der Waals surface area contributed by atoms with Crippen molar-refractivity contribution in [3.63, 3.8) is 0 Å². The fourth-order valence-corrected chi connectivity index (χ4v) is 3.00. The van der Waals surface area contributed by atoms with E-state index in [0.29, 0.717) is 25.3 Å². The van der Waals surface area contributed by atoms with Gasteiger partial charge in [0.2, 0.25) is 5.91 Å². The van der Waals surface area contributed by atoms with Gasteiger partial charge in [-0.3, -0.25) is 14.6 Å². The number of amides is 2. The molecule has 3 rings (SSSR count). The van der Waals surface area contributed by atoms with Crippen LogP contribution in [0.2, 0.25) is 0 Å². The lowest BCUT2D eigenvalue weighted by molar-refractivity contribution is -0.121. The molecule has 9 heteroatoms. The number of fused-ring (bicyclic) bond motifs is 1. The average molecular weight is 396 g/mol. The molecule has 0 saturated carbocycles. The number of hydrogen-bond donors (Lipinski definition) is 1. The van der Waals surface area contributed by atoms with Gasteiger partial charge in [-0.05, 0) is 37.6 Å². The zero-order valence-electron chi connectivity index (χ0n) is 16.8. The van der Waals surface area contributed by atoms with E-state index >= 15 is 0 Å². The highest BCUT2D eigenvalue weighted by atomic mass is 16.5. The van der Waals surface area contributed by atoms with Crippen molar-refractivity contribution in [1.82, 2.24) is 30.2 Å². The number of pyridine rings is 1. The number of carbonyl (C=O) groups is 2. The summed E-state index contributed by atoms with van der Waals surface area (Å²) in [6.45, 7) is 2.79. The minimum atomic E-state index is -0.362. The Hall–Kier alpha value is -3.33. The van der Waals surface area contributed by atoms with Crippen molar-refractivity contribution in [3.05, 3.63) is 47.9 Å². The standard InChI is InChI=1S/C20H24N6O3/c1-14-19(20(28)25(2)13-18(27)22-11-6-12-29-3)23-24-26(14)17-9-4-8-16-15(17)7-5-10-21-16/h4-5,7-10H,6,11-13H2,1-3H3,(H,22,27). The van der Waals surface area contributed by atoms with Gasteiger partial charge in [0.1, 0.15) is 0 Å². The number of rotatable bonds is 8. The average Bonchev–Trinajstić information content (AvgIpc) is 3.11. The molecule has 1 aromatic carbocycles. The van der Waals surface area contributed by atoms with Gasteiger partial charge < -0.3 is 15.0 Å². The monoisotopic (exact) mass is 396 g/mol. The van der Waals surface area contributed by atoms with E-state index in [1.54, 1.807) is 32.0 Å². The first-order chi connectivity index (χ1) is 14.0. The third-order valence-electron chi connectivity index (χ3n) is 4.52. The first-order valence-corrected chi connectivity index (χ1v) is 9.30. The number of aromatic nitrogens is 4. The van der Waals surface area contributed by atoms with Gasteiger partial charge in [-0.25, -0.2) is 4.68 Å². The summed E-state index contributed by atoms with van der Waals surface area (Å²) < 4.78 is 6.56. The zero-order valence-corrected chi connectivity index (χ0v) is 16.8. The predicted octanol–water partition coefficient (Wildman–Crippen LogP) is 1.35. The highest BCUT2D eigenvalue weighted by molar-refractivity contribution is 5.96. The molecule has 29 heavy (non-hydrogen) atoms. The number of carbonyl (C=O) groups excluding carboxylic acids is 2. The van der Waals surface area contributed by atoms with Crippen molar-refractivity contribution in [2.45, 2.75) is 13.3 Å². The van der Waals surface area contributed by atoms with Crippen LogP contribution >= 0.6 is 0 Å². The summed E-state index contributed by atoms with van der Waals surface area (Å²) in [6, 6.07) is 9.49. The van der Waals surface area contributed by atoms with Crippen molar-refractivity contribution in [2.75, 3.05) is 33.9 Å². The van der Waals surface area contributed by atoms with Gasteiger partial charge in [0.05, 0.1) is 23.4 Å². The van der Waals surface area contributed by atoms with Gasteiger partial charge in [-0.15, -0.1) is 5.10 Å². The van der Waals surface area contributed by atoms with Gasteiger partial charge >= 0.3 is 0 Å². The van der Waals surface area contributed by atoms with Crippen LogP contribution in [0.1, 0.15) is 22.6 Å². The van der Waals surface area contributed by atoms with E-state index in [1.165, 1.54) is 4.90 Å². The molecule has 0 radical (unpaired) electrons. The molecule has 0 unspecified atom stereocenters. The smallest absolute Gasteiger partial charge is 0.276 e. The molecule has 152 valence electrons. The molecule has 0 aliphatic carbocycles. The maximum absolute atomic E-state index is 12.8. The van der Waals surface area contributed by atoms with Crippen LogP contribution < -0.4 is 5.32 Å². The Morgan fingerprint density at radius 2 is 2.07 bits per heavy atom. The van der Waals surface area contributed by atoms with Crippen LogP contribution in [0, 0.1) is 6.92 Å². The molecule has 9 nitrogen and oxygen atoms in total. The van der Waals surface area contributed by atoms with E-state index in [4.69, 9.17) is 4.74 Å². The molecular weight excluding hydrogens is 372 g/mol. The lowest BCUT2D eigenvalue weighted by Gasteiger charge is -2.16. The fraction of sp³-hybridized carbons (Fsp3) is 0.350. The Balaban J connectivity index is 1.75. The van der Waals surface area contributed by atoms with Crippen LogP contribution in [0.4, 0.5) is 0 Å². The van der Waals surface area contributed by atoms with Gasteiger partial charge in [0, 0.05) is 38.9 Å². The van der Waals surface area contributed by atoms with Crippen LogP contribution in [0.15, 0.2) is 36.5 Å². The van der Waals surface area contributed by atoms with E-state index in [2.05, 4.69) is 20.6 Å². The minimum Gasteiger partial charge on any atom is -0.385 e. The van der Waals surface area contributed by atoms with Crippen LogP contribution in [-0.4, -0.2) is 70.5 Å². The van der Waals surface area contributed by atoms with Crippen molar-refractivity contribution in [3.8, 4) is 5.69 Å². The molecule has 0 saturated heterocycles. The minimum absolute atomic E-state index is 0.0592. The summed E-state index contributed by atoms with van der Waals surface area (Å²) in [7, 11) is 3.18. The summed E-state index contributed by atoms with van der Waals surface area (Å²) in [5.74, 6) is -0.596. The molecule has 3 aromatic rings. The number of ether oxygens (including phenoxy) is 1. The summed E-state index contributed by atoms with van der Waals surface area (Å²) in [4.78, 5) is 30.5. The normalized spacial score (nSPS) is 10.9. The van der Waals surface area contributed by atoms with Gasteiger partial charge in [0.25, 0.3) is 5.91 Å². The summed E-state index contributed by atoms with van der Waals surface area (Å²) in [5.41, 5.74) is 2.42. The van der Waals surface area contributed by atoms with Gasteiger partial charge in [0.15, 0.2) is 5.69 Å². The SMILES string of the molecule is COCCCNC(=O)CN(C)C(=O)c1nnn(-c2cccc3ncccc23)c1C.